The summed E-state index contributed by atoms with van der Waals surface area (Å²) in [5, 5.41) is 0. The summed E-state index contributed by atoms with van der Waals surface area (Å²) in [6.45, 7) is 8.08. The topological polar surface area (TPSA) is 107 Å². The van der Waals surface area contributed by atoms with Crippen molar-refractivity contribution in [1.29, 1.82) is 0 Å². The van der Waals surface area contributed by atoms with Gasteiger partial charge >= 0.3 is 18.1 Å². The van der Waals surface area contributed by atoms with Crippen LogP contribution in [0.25, 0.3) is 0 Å². The predicted octanol–water partition coefficient (Wildman–Crippen LogP) is 10.3. The van der Waals surface area contributed by atoms with Crippen molar-refractivity contribution in [1.82, 2.24) is 0 Å². The second kappa shape index (κ2) is 23.8. The molecule has 256 valence electrons. The lowest BCUT2D eigenvalue weighted by Crippen LogP contribution is -2.28. The highest BCUT2D eigenvalue weighted by atomic mass is 17.2. The maximum absolute atomic E-state index is 12.9. The van der Waals surface area contributed by atoms with E-state index in [1.807, 2.05) is 26.0 Å². The van der Waals surface area contributed by atoms with E-state index >= 15 is 0 Å². The molecule has 0 saturated heterocycles. The molecule has 2 atom stereocenters. The van der Waals surface area contributed by atoms with E-state index in [0.29, 0.717) is 36.8 Å². The van der Waals surface area contributed by atoms with Crippen molar-refractivity contribution >= 4 is 18.1 Å². The predicted molar refractivity (Wildman–Crippen MR) is 176 cm³/mol. The maximum Gasteiger partial charge on any atom is 0.513 e. The van der Waals surface area contributed by atoms with Crippen molar-refractivity contribution in [2.45, 2.75) is 143 Å². The van der Waals surface area contributed by atoms with Gasteiger partial charge in [-0.3, -0.25) is 9.78 Å². The number of aryl methyl sites for hydroxylation is 2. The molecule has 0 bridgehead atoms. The highest BCUT2D eigenvalue weighted by Gasteiger charge is 2.25. The lowest BCUT2D eigenvalue weighted by molar-refractivity contribution is -0.348. The molecular formula is C37H54O9. The van der Waals surface area contributed by atoms with Gasteiger partial charge < -0.3 is 9.47 Å². The Morgan fingerprint density at radius 3 is 1.28 bits per heavy atom. The van der Waals surface area contributed by atoms with Gasteiger partial charge in [-0.25, -0.2) is 14.4 Å². The highest BCUT2D eigenvalue weighted by molar-refractivity contribution is 5.89. The van der Waals surface area contributed by atoms with Crippen molar-refractivity contribution in [2.24, 2.45) is 0 Å². The van der Waals surface area contributed by atoms with E-state index in [2.05, 4.69) is 13.8 Å². The molecule has 0 amide bonds. The monoisotopic (exact) mass is 642 g/mol. The summed E-state index contributed by atoms with van der Waals surface area (Å²) in [4.78, 5) is 58.8. The quantitative estimate of drug-likeness (QED) is 0.0363. The lowest BCUT2D eigenvalue weighted by Gasteiger charge is -2.20. The Hall–Kier alpha value is -3.43. The van der Waals surface area contributed by atoms with Crippen LogP contribution in [-0.4, -0.2) is 30.7 Å². The largest absolute Gasteiger partial charge is 0.513 e. The molecule has 2 aromatic rings. The Bertz CT molecular complexity index is 1060. The molecule has 0 aliphatic rings. The van der Waals surface area contributed by atoms with Crippen LogP contribution < -0.4 is 0 Å². The fourth-order valence-corrected chi connectivity index (χ4v) is 4.87. The third-order valence-electron chi connectivity index (χ3n) is 7.51. The van der Waals surface area contributed by atoms with Crippen LogP contribution in [0.15, 0.2) is 48.5 Å². The lowest BCUT2D eigenvalue weighted by atomic mass is 10.1. The molecule has 2 rings (SSSR count). The Balaban J connectivity index is 1.98. The zero-order chi connectivity index (χ0) is 33.4. The second-order valence-corrected chi connectivity index (χ2v) is 11.8. The normalized spacial score (nSPS) is 12.3. The van der Waals surface area contributed by atoms with Gasteiger partial charge in [-0.1, -0.05) is 126 Å². The first-order chi connectivity index (χ1) is 22.3. The number of benzene rings is 2. The summed E-state index contributed by atoms with van der Waals surface area (Å²) in [6.07, 6.45) is 11.8. The van der Waals surface area contributed by atoms with Gasteiger partial charge in [0.05, 0.1) is 11.1 Å². The van der Waals surface area contributed by atoms with Crippen molar-refractivity contribution < 1.29 is 43.4 Å². The SMILES string of the molecule is CCCCCCCCCC(OOC(=O)c1cccc(C)c1)OC(=O)OC(CCCCCCCCC)OOC(=O)c1cccc(C)c1. The van der Waals surface area contributed by atoms with E-state index in [9.17, 15) is 14.4 Å². The van der Waals surface area contributed by atoms with Gasteiger partial charge in [0.1, 0.15) is 0 Å². The summed E-state index contributed by atoms with van der Waals surface area (Å²) < 4.78 is 10.9. The van der Waals surface area contributed by atoms with Gasteiger partial charge in [0.25, 0.3) is 0 Å². The van der Waals surface area contributed by atoms with Gasteiger partial charge in [0.2, 0.25) is 12.6 Å². The number of carbonyl (C=O) groups excluding carboxylic acids is 3. The Labute approximate surface area is 275 Å². The molecule has 0 radical (unpaired) electrons. The minimum Gasteiger partial charge on any atom is -0.400 e. The Kier molecular flexibility index (Phi) is 20.1. The van der Waals surface area contributed by atoms with Crippen LogP contribution in [0.1, 0.15) is 148 Å². The van der Waals surface area contributed by atoms with Crippen LogP contribution in [-0.2, 0) is 29.0 Å². The molecule has 2 aromatic carbocycles. The van der Waals surface area contributed by atoms with E-state index < -0.39 is 30.7 Å². The average molecular weight is 643 g/mol. The number of hydrogen-bond donors (Lipinski definition) is 0. The fourth-order valence-electron chi connectivity index (χ4n) is 4.87. The van der Waals surface area contributed by atoms with E-state index in [-0.39, 0.29) is 0 Å². The summed E-state index contributed by atoms with van der Waals surface area (Å²) in [7, 11) is 0. The number of ether oxygens (including phenoxy) is 2. The average Bonchev–Trinajstić information content (AvgIpc) is 3.04. The van der Waals surface area contributed by atoms with Crippen LogP contribution in [0.4, 0.5) is 4.79 Å². The molecule has 0 N–H and O–H groups in total. The van der Waals surface area contributed by atoms with Crippen LogP contribution in [0.5, 0.6) is 0 Å². The molecule has 0 spiro atoms. The number of rotatable bonds is 24. The smallest absolute Gasteiger partial charge is 0.400 e. The molecule has 0 heterocycles. The van der Waals surface area contributed by atoms with Crippen LogP contribution in [0.2, 0.25) is 0 Å². The molecule has 9 heteroatoms. The zero-order valence-electron chi connectivity index (χ0n) is 28.3. The molecular weight excluding hydrogens is 588 g/mol. The van der Waals surface area contributed by atoms with Crippen LogP contribution >= 0.6 is 0 Å². The summed E-state index contributed by atoms with van der Waals surface area (Å²) >= 11 is 0. The first-order valence-electron chi connectivity index (χ1n) is 17.1. The molecule has 46 heavy (non-hydrogen) atoms. The van der Waals surface area contributed by atoms with Gasteiger partial charge in [-0.2, -0.15) is 0 Å². The molecule has 0 aromatic heterocycles. The summed E-state index contributed by atoms with van der Waals surface area (Å²) in [5.41, 5.74) is 2.42. The Morgan fingerprint density at radius 2 is 0.913 bits per heavy atom. The molecule has 0 saturated carbocycles. The third kappa shape index (κ3) is 17.3. The maximum atomic E-state index is 12.9. The summed E-state index contributed by atoms with van der Waals surface area (Å²) in [6, 6.07) is 13.8. The van der Waals surface area contributed by atoms with Crippen molar-refractivity contribution in [3.63, 3.8) is 0 Å². The summed E-state index contributed by atoms with van der Waals surface area (Å²) in [5.74, 6) is -1.40. The van der Waals surface area contributed by atoms with E-state index in [0.717, 1.165) is 49.7 Å². The molecule has 0 aliphatic heterocycles. The van der Waals surface area contributed by atoms with Gasteiger partial charge in [0, 0.05) is 12.8 Å². The first-order valence-corrected chi connectivity index (χ1v) is 17.1. The zero-order valence-corrected chi connectivity index (χ0v) is 28.3. The van der Waals surface area contributed by atoms with Crippen molar-refractivity contribution in [3.8, 4) is 0 Å². The number of carbonyl (C=O) groups is 3. The second-order valence-electron chi connectivity index (χ2n) is 11.8. The minimum absolute atomic E-state index is 0.301. The van der Waals surface area contributed by atoms with E-state index in [1.165, 1.54) is 38.5 Å². The number of unbranched alkanes of at least 4 members (excludes halogenated alkanes) is 12. The Morgan fingerprint density at radius 1 is 0.543 bits per heavy atom. The molecule has 9 nitrogen and oxygen atoms in total. The van der Waals surface area contributed by atoms with E-state index in [1.54, 1.807) is 36.4 Å². The molecule has 0 fully saturated rings. The molecule has 2 unspecified atom stereocenters. The first kappa shape index (κ1) is 38.8. The van der Waals surface area contributed by atoms with Crippen LogP contribution in [0.3, 0.4) is 0 Å². The van der Waals surface area contributed by atoms with Gasteiger partial charge in [0.15, 0.2) is 0 Å². The fraction of sp³-hybridized carbons (Fsp3) is 0.595. The third-order valence-corrected chi connectivity index (χ3v) is 7.51. The van der Waals surface area contributed by atoms with Gasteiger partial charge in [-0.15, -0.1) is 9.78 Å². The van der Waals surface area contributed by atoms with Crippen LogP contribution in [0, 0.1) is 13.8 Å². The van der Waals surface area contributed by atoms with Gasteiger partial charge in [-0.05, 0) is 51.0 Å². The number of hydrogen-bond acceptors (Lipinski definition) is 9. The van der Waals surface area contributed by atoms with Crippen molar-refractivity contribution in [3.05, 3.63) is 70.8 Å². The minimum atomic E-state index is -1.19. The van der Waals surface area contributed by atoms with Crippen molar-refractivity contribution in [2.75, 3.05) is 0 Å². The molecule has 0 aliphatic carbocycles. The highest BCUT2D eigenvalue weighted by Crippen LogP contribution is 2.18. The van der Waals surface area contributed by atoms with E-state index in [4.69, 9.17) is 29.0 Å². The standard InChI is InChI=1S/C37H54O9/c1-5-7-9-11-13-15-17-25-33(43-45-35(38)31-23-19-21-29(3)27-31)41-37(40)42-34(26-18-16-14-12-10-8-6-2)44-46-36(39)32-24-20-22-30(4)28-32/h19-24,27-28,33-34H,5-18,25-26H2,1-4H3.